The van der Waals surface area contributed by atoms with E-state index in [1.54, 1.807) is 6.07 Å². The van der Waals surface area contributed by atoms with Crippen LogP contribution in [0.2, 0.25) is 5.02 Å². The fourth-order valence-electron chi connectivity index (χ4n) is 2.36. The number of aryl methyl sites for hydroxylation is 2. The summed E-state index contributed by atoms with van der Waals surface area (Å²) in [6.45, 7) is 6.87. The van der Waals surface area contributed by atoms with Gasteiger partial charge in [0.05, 0.1) is 10.5 Å². The van der Waals surface area contributed by atoms with Gasteiger partial charge in [-0.2, -0.15) is 0 Å². The lowest BCUT2D eigenvalue weighted by atomic mass is 9.95. The van der Waals surface area contributed by atoms with E-state index in [2.05, 4.69) is 34.2 Å². The Hall–Kier alpha value is -0.900. The molecule has 0 spiro atoms. The van der Waals surface area contributed by atoms with E-state index in [0.717, 1.165) is 23.2 Å². The smallest absolute Gasteiger partial charge is 0.137 e. The summed E-state index contributed by atoms with van der Waals surface area (Å²) >= 11 is 9.77. The van der Waals surface area contributed by atoms with Crippen molar-refractivity contribution in [2.75, 3.05) is 6.54 Å². The quantitative estimate of drug-likeness (QED) is 0.743. The lowest BCUT2D eigenvalue weighted by Crippen LogP contribution is -2.23. The van der Waals surface area contributed by atoms with Crippen molar-refractivity contribution in [3.05, 3.63) is 67.9 Å². The number of halogens is 3. The highest BCUT2D eigenvalue weighted by Gasteiger charge is 2.20. The minimum Gasteiger partial charge on any atom is -0.306 e. The molecule has 1 nitrogen and oxygen atoms in total. The van der Waals surface area contributed by atoms with Crippen LogP contribution in [0.3, 0.4) is 0 Å². The largest absolute Gasteiger partial charge is 0.306 e. The molecule has 0 heterocycles. The molecular weight excluding hydrogens is 353 g/mol. The average molecular weight is 371 g/mol. The first-order chi connectivity index (χ1) is 9.95. The van der Waals surface area contributed by atoms with Crippen LogP contribution in [0.1, 0.15) is 35.2 Å². The van der Waals surface area contributed by atoms with Crippen LogP contribution in [-0.4, -0.2) is 6.54 Å². The second-order valence-corrected chi connectivity index (χ2v) is 6.29. The van der Waals surface area contributed by atoms with E-state index in [0.29, 0.717) is 9.50 Å². The minimum absolute atomic E-state index is 0.146. The fraction of sp³-hybridized carbons (Fsp3) is 0.294. The van der Waals surface area contributed by atoms with Crippen molar-refractivity contribution in [2.24, 2.45) is 0 Å². The van der Waals surface area contributed by atoms with Gasteiger partial charge in [0.15, 0.2) is 0 Å². The topological polar surface area (TPSA) is 12.0 Å². The second-order valence-electron chi connectivity index (χ2n) is 5.09. The normalized spacial score (nSPS) is 12.5. The van der Waals surface area contributed by atoms with Crippen molar-refractivity contribution in [3.63, 3.8) is 0 Å². The Labute approximate surface area is 138 Å². The van der Waals surface area contributed by atoms with Gasteiger partial charge in [0.1, 0.15) is 5.82 Å². The summed E-state index contributed by atoms with van der Waals surface area (Å²) in [6.07, 6.45) is 0. The second kappa shape index (κ2) is 6.91. The summed E-state index contributed by atoms with van der Waals surface area (Å²) in [5.74, 6) is -0.268. The van der Waals surface area contributed by atoms with Crippen molar-refractivity contribution >= 4 is 27.5 Å². The van der Waals surface area contributed by atoms with Crippen LogP contribution in [0.25, 0.3) is 0 Å². The molecule has 0 saturated heterocycles. The van der Waals surface area contributed by atoms with Gasteiger partial charge in [0.2, 0.25) is 0 Å². The molecule has 4 heteroatoms. The molecule has 0 aliphatic carbocycles. The monoisotopic (exact) mass is 369 g/mol. The molecule has 0 amide bonds. The summed E-state index contributed by atoms with van der Waals surface area (Å²) in [7, 11) is 0. The van der Waals surface area contributed by atoms with Crippen LogP contribution in [0.4, 0.5) is 4.39 Å². The van der Waals surface area contributed by atoms with Gasteiger partial charge in [0.25, 0.3) is 0 Å². The van der Waals surface area contributed by atoms with E-state index in [-0.39, 0.29) is 11.9 Å². The Balaban J connectivity index is 2.59. The first-order valence-corrected chi connectivity index (χ1v) is 8.06. The molecule has 1 unspecified atom stereocenters. The zero-order valence-corrected chi connectivity index (χ0v) is 14.6. The molecular formula is C17H18BrClFN. The minimum atomic E-state index is -0.268. The number of hydrogen-bond acceptors (Lipinski definition) is 1. The molecule has 0 aliphatic heterocycles. The Morgan fingerprint density at radius 2 is 1.86 bits per heavy atom. The van der Waals surface area contributed by atoms with Crippen LogP contribution in [0.5, 0.6) is 0 Å². The SMILES string of the molecule is CCNC(c1cc(C)c(C)cc1Cl)c1cccc(F)c1Br. The van der Waals surface area contributed by atoms with Gasteiger partial charge in [-0.25, -0.2) is 4.39 Å². The fourth-order valence-corrected chi connectivity index (χ4v) is 3.18. The molecule has 1 atom stereocenters. The molecule has 0 fully saturated rings. The molecule has 0 saturated carbocycles. The molecule has 2 aromatic carbocycles. The predicted molar refractivity (Wildman–Crippen MR) is 90.5 cm³/mol. The number of rotatable bonds is 4. The molecule has 2 rings (SSSR count). The van der Waals surface area contributed by atoms with E-state index < -0.39 is 0 Å². The molecule has 112 valence electrons. The van der Waals surface area contributed by atoms with Crippen molar-refractivity contribution in [2.45, 2.75) is 26.8 Å². The Morgan fingerprint density at radius 3 is 2.52 bits per heavy atom. The summed E-state index contributed by atoms with van der Waals surface area (Å²) in [6, 6.07) is 8.96. The number of nitrogens with one attached hydrogen (secondary N) is 1. The van der Waals surface area contributed by atoms with Gasteiger partial charge in [-0.15, -0.1) is 0 Å². The van der Waals surface area contributed by atoms with Crippen LogP contribution in [-0.2, 0) is 0 Å². The summed E-state index contributed by atoms with van der Waals surface area (Å²) < 4.78 is 14.3. The number of hydrogen-bond donors (Lipinski definition) is 1. The molecule has 0 radical (unpaired) electrons. The van der Waals surface area contributed by atoms with Crippen LogP contribution in [0, 0.1) is 19.7 Å². The van der Waals surface area contributed by atoms with Crippen molar-refractivity contribution in [1.29, 1.82) is 0 Å². The Bertz CT molecular complexity index is 657. The van der Waals surface area contributed by atoms with Gasteiger partial charge < -0.3 is 5.32 Å². The van der Waals surface area contributed by atoms with E-state index in [9.17, 15) is 4.39 Å². The van der Waals surface area contributed by atoms with Gasteiger partial charge in [-0.3, -0.25) is 0 Å². The highest BCUT2D eigenvalue weighted by atomic mass is 79.9. The molecule has 1 N–H and O–H groups in total. The molecule has 21 heavy (non-hydrogen) atoms. The standard InChI is InChI=1S/C17H18BrClFN/c1-4-21-17(12-6-5-7-15(20)16(12)18)13-8-10(2)11(3)9-14(13)19/h5-9,17,21H,4H2,1-3H3. The zero-order chi connectivity index (χ0) is 15.6. The van der Waals surface area contributed by atoms with E-state index >= 15 is 0 Å². The maximum Gasteiger partial charge on any atom is 0.137 e. The molecule has 0 bridgehead atoms. The van der Waals surface area contributed by atoms with Crippen LogP contribution >= 0.6 is 27.5 Å². The summed E-state index contributed by atoms with van der Waals surface area (Å²) in [4.78, 5) is 0. The third kappa shape index (κ3) is 3.47. The highest BCUT2D eigenvalue weighted by molar-refractivity contribution is 9.10. The van der Waals surface area contributed by atoms with Crippen molar-refractivity contribution in [3.8, 4) is 0 Å². The van der Waals surface area contributed by atoms with Gasteiger partial charge in [0, 0.05) is 5.02 Å². The zero-order valence-electron chi connectivity index (χ0n) is 12.3. The first-order valence-electron chi connectivity index (χ1n) is 6.89. The van der Waals surface area contributed by atoms with E-state index in [4.69, 9.17) is 11.6 Å². The predicted octanol–water partition coefficient (Wildman–Crippen LogP) is 5.56. The number of benzene rings is 2. The highest BCUT2D eigenvalue weighted by Crippen LogP contribution is 2.35. The van der Waals surface area contributed by atoms with Gasteiger partial charge in [-0.1, -0.05) is 36.7 Å². The summed E-state index contributed by atoms with van der Waals surface area (Å²) in [5.41, 5.74) is 4.14. The average Bonchev–Trinajstić information content (AvgIpc) is 2.44. The van der Waals surface area contributed by atoms with Gasteiger partial charge >= 0.3 is 0 Å². The maximum atomic E-state index is 13.8. The summed E-state index contributed by atoms with van der Waals surface area (Å²) in [5, 5.41) is 4.08. The molecule has 0 aromatic heterocycles. The first kappa shape index (κ1) is 16.5. The third-order valence-corrected chi connectivity index (χ3v) is 4.79. The van der Waals surface area contributed by atoms with E-state index in [1.807, 2.05) is 26.0 Å². The lowest BCUT2D eigenvalue weighted by Gasteiger charge is -2.22. The third-order valence-electron chi connectivity index (χ3n) is 3.62. The Kier molecular flexibility index (Phi) is 5.42. The van der Waals surface area contributed by atoms with E-state index in [1.165, 1.54) is 11.6 Å². The molecule has 0 aliphatic rings. The van der Waals surface area contributed by atoms with Gasteiger partial charge in [-0.05, 0) is 70.7 Å². The van der Waals surface area contributed by atoms with Crippen molar-refractivity contribution < 1.29 is 4.39 Å². The molecule has 2 aromatic rings. The van der Waals surface area contributed by atoms with Crippen molar-refractivity contribution in [1.82, 2.24) is 5.32 Å². The maximum absolute atomic E-state index is 13.8. The van der Waals surface area contributed by atoms with Crippen LogP contribution < -0.4 is 5.32 Å². The Morgan fingerprint density at radius 1 is 1.19 bits per heavy atom. The van der Waals surface area contributed by atoms with Crippen LogP contribution in [0.15, 0.2) is 34.8 Å². The lowest BCUT2D eigenvalue weighted by molar-refractivity contribution is 0.595.